The average Bonchev–Trinajstić information content (AvgIpc) is 2.67. The number of nitrogens with one attached hydrogen (secondary N) is 1. The summed E-state index contributed by atoms with van der Waals surface area (Å²) >= 11 is 5.69. The van der Waals surface area contributed by atoms with Crippen LogP contribution in [-0.2, 0) is 29.4 Å². The van der Waals surface area contributed by atoms with Crippen LogP contribution in [0.2, 0.25) is 5.02 Å². The molecule has 2 aromatic carbocycles. The highest BCUT2D eigenvalue weighted by Crippen LogP contribution is 2.26. The first-order valence-corrected chi connectivity index (χ1v) is 12.2. The summed E-state index contributed by atoms with van der Waals surface area (Å²) < 4.78 is 88.7. The van der Waals surface area contributed by atoms with E-state index in [1.54, 1.807) is 0 Å². The van der Waals surface area contributed by atoms with Crippen molar-refractivity contribution in [3.8, 4) is 5.75 Å². The maximum absolute atomic E-state index is 14.1. The molecule has 0 aliphatic carbocycles. The standard InChI is InChI=1S/C18H18ClF2NO7S2/c1-2-28-17(23)11-29-18-15(20)9-14(10-16(18)21)30(24,25)8-7-22-31(26,27)13-5-3-12(19)4-6-13/h3-6,9-10,22H,2,7-8,11H2,1H3. The average molecular weight is 498 g/mol. The first kappa shape index (κ1) is 25.0. The highest BCUT2D eigenvalue weighted by Gasteiger charge is 2.23. The first-order chi connectivity index (χ1) is 14.5. The first-order valence-electron chi connectivity index (χ1n) is 8.71. The highest BCUT2D eigenvalue weighted by molar-refractivity contribution is 7.91. The Balaban J connectivity index is 2.08. The van der Waals surface area contributed by atoms with Crippen molar-refractivity contribution < 1.29 is 39.9 Å². The number of hydrogen-bond donors (Lipinski definition) is 1. The van der Waals surface area contributed by atoms with Crippen molar-refractivity contribution in [2.24, 2.45) is 0 Å². The van der Waals surface area contributed by atoms with Crippen LogP contribution < -0.4 is 9.46 Å². The van der Waals surface area contributed by atoms with Gasteiger partial charge in [0, 0.05) is 11.6 Å². The summed E-state index contributed by atoms with van der Waals surface area (Å²) in [6.45, 7) is 0.276. The zero-order chi connectivity index (χ0) is 23.2. The van der Waals surface area contributed by atoms with E-state index < -0.39 is 67.0 Å². The Morgan fingerprint density at radius 2 is 1.61 bits per heavy atom. The molecule has 2 aromatic rings. The highest BCUT2D eigenvalue weighted by atomic mass is 35.5. The van der Waals surface area contributed by atoms with Crippen LogP contribution >= 0.6 is 11.6 Å². The molecular formula is C18H18ClF2NO7S2. The van der Waals surface area contributed by atoms with Crippen molar-refractivity contribution in [1.29, 1.82) is 0 Å². The van der Waals surface area contributed by atoms with E-state index in [9.17, 15) is 30.4 Å². The molecule has 0 aromatic heterocycles. The molecule has 0 aliphatic heterocycles. The fourth-order valence-corrected chi connectivity index (χ4v) is 4.77. The Morgan fingerprint density at radius 3 is 2.16 bits per heavy atom. The smallest absolute Gasteiger partial charge is 0.344 e. The van der Waals surface area contributed by atoms with E-state index in [4.69, 9.17) is 16.3 Å². The van der Waals surface area contributed by atoms with Crippen molar-refractivity contribution in [2.75, 3.05) is 25.5 Å². The molecule has 0 heterocycles. The van der Waals surface area contributed by atoms with Gasteiger partial charge in [-0.2, -0.15) is 0 Å². The Hall–Kier alpha value is -2.28. The van der Waals surface area contributed by atoms with E-state index in [0.717, 1.165) is 0 Å². The van der Waals surface area contributed by atoms with E-state index >= 15 is 0 Å². The van der Waals surface area contributed by atoms with Gasteiger partial charge >= 0.3 is 5.97 Å². The largest absolute Gasteiger partial charge is 0.476 e. The lowest BCUT2D eigenvalue weighted by Gasteiger charge is -2.11. The minimum absolute atomic E-state index is 0.0477. The molecule has 0 fully saturated rings. The Kier molecular flexibility index (Phi) is 8.34. The number of esters is 1. The molecule has 1 N–H and O–H groups in total. The van der Waals surface area contributed by atoms with Crippen LogP contribution in [0.4, 0.5) is 8.78 Å². The third-order valence-corrected chi connectivity index (χ3v) is 7.18. The summed E-state index contributed by atoms with van der Waals surface area (Å²) in [5.41, 5.74) is 0. The van der Waals surface area contributed by atoms with E-state index in [1.807, 2.05) is 0 Å². The second-order valence-corrected chi connectivity index (χ2v) is 10.3. The zero-order valence-corrected chi connectivity index (χ0v) is 18.5. The number of carbonyl (C=O) groups excluding carboxylic acids is 1. The molecule has 0 aliphatic rings. The summed E-state index contributed by atoms with van der Waals surface area (Å²) in [6, 6.07) is 6.21. The number of benzene rings is 2. The lowest BCUT2D eigenvalue weighted by atomic mass is 10.3. The fraction of sp³-hybridized carbons (Fsp3) is 0.278. The maximum Gasteiger partial charge on any atom is 0.344 e. The van der Waals surface area contributed by atoms with E-state index in [0.29, 0.717) is 17.2 Å². The molecule has 8 nitrogen and oxygen atoms in total. The van der Waals surface area contributed by atoms with E-state index in [2.05, 4.69) is 9.46 Å². The number of sulfone groups is 1. The summed E-state index contributed by atoms with van der Waals surface area (Å²) in [7, 11) is -8.26. The molecule has 2 rings (SSSR count). The monoisotopic (exact) mass is 497 g/mol. The number of sulfonamides is 1. The molecule has 0 atom stereocenters. The molecule has 0 radical (unpaired) electrons. The second kappa shape index (κ2) is 10.4. The SMILES string of the molecule is CCOC(=O)COc1c(F)cc(S(=O)(=O)CCNS(=O)(=O)c2ccc(Cl)cc2)cc1F. The second-order valence-electron chi connectivity index (χ2n) is 5.98. The number of carbonyl (C=O) groups is 1. The topological polar surface area (TPSA) is 116 Å². The van der Waals surface area contributed by atoms with Gasteiger partial charge in [0.25, 0.3) is 0 Å². The van der Waals surface area contributed by atoms with Crippen molar-refractivity contribution in [3.05, 3.63) is 53.1 Å². The van der Waals surface area contributed by atoms with Crippen LogP contribution in [0.25, 0.3) is 0 Å². The lowest BCUT2D eigenvalue weighted by molar-refractivity contribution is -0.145. The fourth-order valence-electron chi connectivity index (χ4n) is 2.31. The van der Waals surface area contributed by atoms with E-state index in [1.165, 1.54) is 31.2 Å². The van der Waals surface area contributed by atoms with Crippen LogP contribution in [0.15, 0.2) is 46.2 Å². The number of hydrogen-bond acceptors (Lipinski definition) is 7. The van der Waals surface area contributed by atoms with Crippen LogP contribution in [0.5, 0.6) is 5.75 Å². The van der Waals surface area contributed by atoms with Gasteiger partial charge in [-0.1, -0.05) is 11.6 Å². The van der Waals surface area contributed by atoms with Crippen molar-refractivity contribution in [1.82, 2.24) is 4.72 Å². The molecular weight excluding hydrogens is 480 g/mol. The number of ether oxygens (including phenoxy) is 2. The summed E-state index contributed by atoms with van der Waals surface area (Å²) in [5.74, 6) is -5.24. The van der Waals surface area contributed by atoms with Crippen LogP contribution in [0.3, 0.4) is 0 Å². The Labute approximate surface area is 183 Å². The van der Waals surface area contributed by atoms with Gasteiger partial charge < -0.3 is 9.47 Å². The summed E-state index contributed by atoms with van der Waals surface area (Å²) in [5, 5.41) is 0.320. The van der Waals surface area contributed by atoms with Gasteiger partial charge in [0.05, 0.1) is 22.2 Å². The lowest BCUT2D eigenvalue weighted by Crippen LogP contribution is -2.29. The molecule has 0 unspecified atom stereocenters. The minimum atomic E-state index is -4.25. The van der Waals surface area contributed by atoms with Crippen LogP contribution in [0, 0.1) is 11.6 Å². The summed E-state index contributed by atoms with van der Waals surface area (Å²) in [4.78, 5) is 10.4. The molecule has 0 saturated carbocycles. The quantitative estimate of drug-likeness (QED) is 0.501. The molecule has 0 bridgehead atoms. The predicted molar refractivity (Wildman–Crippen MR) is 107 cm³/mol. The molecule has 0 spiro atoms. The van der Waals surface area contributed by atoms with Crippen molar-refractivity contribution in [3.63, 3.8) is 0 Å². The van der Waals surface area contributed by atoms with Gasteiger partial charge in [-0.15, -0.1) is 0 Å². The minimum Gasteiger partial charge on any atom is -0.476 e. The molecule has 0 saturated heterocycles. The summed E-state index contributed by atoms with van der Waals surface area (Å²) in [6.07, 6.45) is 0. The van der Waals surface area contributed by atoms with E-state index in [-0.39, 0.29) is 11.5 Å². The molecule has 170 valence electrons. The van der Waals surface area contributed by atoms with Crippen LogP contribution in [-0.4, -0.2) is 48.3 Å². The maximum atomic E-state index is 14.1. The van der Waals surface area contributed by atoms with Gasteiger partial charge in [-0.25, -0.2) is 35.1 Å². The van der Waals surface area contributed by atoms with Gasteiger partial charge in [0.15, 0.2) is 33.8 Å². The van der Waals surface area contributed by atoms with Gasteiger partial charge in [-0.3, -0.25) is 0 Å². The van der Waals surface area contributed by atoms with Gasteiger partial charge in [-0.05, 0) is 43.3 Å². The Morgan fingerprint density at radius 1 is 1.03 bits per heavy atom. The van der Waals surface area contributed by atoms with Crippen LogP contribution in [0.1, 0.15) is 6.92 Å². The predicted octanol–water partition coefficient (Wildman–Crippen LogP) is 2.31. The Bertz CT molecular complexity index is 1130. The van der Waals surface area contributed by atoms with Gasteiger partial charge in [0.1, 0.15) is 0 Å². The number of halogens is 3. The molecule has 0 amide bonds. The molecule has 13 heteroatoms. The third-order valence-electron chi connectivity index (χ3n) is 3.76. The number of rotatable bonds is 10. The zero-order valence-electron chi connectivity index (χ0n) is 16.1. The normalized spacial score (nSPS) is 11.9. The third kappa shape index (κ3) is 6.86. The van der Waals surface area contributed by atoms with Gasteiger partial charge in [0.2, 0.25) is 10.0 Å². The van der Waals surface area contributed by atoms with Crippen molar-refractivity contribution in [2.45, 2.75) is 16.7 Å². The molecule has 31 heavy (non-hydrogen) atoms. The van der Waals surface area contributed by atoms with Crippen molar-refractivity contribution >= 4 is 37.4 Å².